The molecule has 0 saturated carbocycles. The number of nitrogens with zero attached hydrogens (tertiary/aromatic N) is 1. The van der Waals surface area contributed by atoms with Gasteiger partial charge in [0.25, 0.3) is 5.91 Å². The molecule has 156 valence electrons. The van der Waals surface area contributed by atoms with Gasteiger partial charge in [-0.15, -0.1) is 10.1 Å². The number of benzene rings is 3. The van der Waals surface area contributed by atoms with Gasteiger partial charge in [0.05, 0.1) is 0 Å². The average Bonchev–Trinajstić information content (AvgIpc) is 3.05. The molecule has 0 aliphatic carbocycles. The molecule has 1 aliphatic rings. The maximum Gasteiger partial charge on any atom is 0.304 e. The second-order valence-electron chi connectivity index (χ2n) is 7.32. The van der Waals surface area contributed by atoms with Crippen LogP contribution in [0.2, 0.25) is 10.0 Å². The summed E-state index contributed by atoms with van der Waals surface area (Å²) in [6.45, 7) is 2.00. The van der Waals surface area contributed by atoms with Crippen LogP contribution < -0.4 is 10.7 Å². The summed E-state index contributed by atoms with van der Waals surface area (Å²) in [7, 11) is 0. The number of halogens is 2. The zero-order valence-electron chi connectivity index (χ0n) is 16.7. The zero-order valence-corrected chi connectivity index (χ0v) is 18.2. The fraction of sp³-hybridized carbons (Fsp3) is 0.125. The molecule has 4 rings (SSSR count). The summed E-state index contributed by atoms with van der Waals surface area (Å²) in [5, 5.41) is 4.00. The van der Waals surface area contributed by atoms with E-state index in [4.69, 9.17) is 23.2 Å². The lowest BCUT2D eigenvalue weighted by Crippen LogP contribution is -2.42. The Morgan fingerprint density at radius 3 is 2.23 bits per heavy atom. The molecule has 3 aromatic carbocycles. The van der Waals surface area contributed by atoms with Gasteiger partial charge in [-0.1, -0.05) is 53.5 Å². The first-order chi connectivity index (χ1) is 14.9. The number of carbonyl (C=O) groups excluding carboxylic acids is 2. The summed E-state index contributed by atoms with van der Waals surface area (Å²) in [6.07, 6.45) is 1.88. The van der Waals surface area contributed by atoms with Gasteiger partial charge in [0.2, 0.25) is 12.3 Å². The first-order valence-electron chi connectivity index (χ1n) is 9.73. The van der Waals surface area contributed by atoms with Crippen LogP contribution in [-0.2, 0) is 4.79 Å². The number of aryl methyl sites for hydroxylation is 1. The molecule has 0 bridgehead atoms. The summed E-state index contributed by atoms with van der Waals surface area (Å²) in [5.41, 5.74) is 6.18. The number of hydrogen-bond donors (Lipinski definition) is 2. The third kappa shape index (κ3) is 4.63. The smallest absolute Gasteiger partial charge is 0.304 e. The molecular weight excluding hydrogens is 433 g/mol. The molecule has 1 aliphatic heterocycles. The Morgan fingerprint density at radius 1 is 0.968 bits per heavy atom. The first-order valence-corrected chi connectivity index (χ1v) is 10.5. The molecule has 1 fully saturated rings. The van der Waals surface area contributed by atoms with E-state index < -0.39 is 12.1 Å². The SMILES string of the molecule is Cc1ccccc1/C=[N+]1\NC(=O)[C@H](NC(=O)c2ccc(Cl)cc2)[C@H]1c1ccc(Cl)cc1. The van der Waals surface area contributed by atoms with Crippen LogP contribution in [0.1, 0.15) is 33.1 Å². The molecule has 31 heavy (non-hydrogen) atoms. The molecule has 0 radical (unpaired) electrons. The minimum absolute atomic E-state index is 0.299. The Balaban J connectivity index is 1.71. The minimum atomic E-state index is -0.801. The van der Waals surface area contributed by atoms with Crippen LogP contribution in [0.25, 0.3) is 0 Å². The lowest BCUT2D eigenvalue weighted by molar-refractivity contribution is -0.596. The molecule has 7 heteroatoms. The molecule has 0 aromatic heterocycles. The molecule has 5 nitrogen and oxygen atoms in total. The van der Waals surface area contributed by atoms with E-state index in [9.17, 15) is 9.59 Å². The van der Waals surface area contributed by atoms with Crippen molar-refractivity contribution >= 4 is 41.2 Å². The topological polar surface area (TPSA) is 61.2 Å². The van der Waals surface area contributed by atoms with Crippen LogP contribution in [0.4, 0.5) is 0 Å². The van der Waals surface area contributed by atoms with Gasteiger partial charge in [0, 0.05) is 26.7 Å². The molecule has 2 atom stereocenters. The summed E-state index contributed by atoms with van der Waals surface area (Å²) in [5.74, 6) is -0.652. The van der Waals surface area contributed by atoms with Gasteiger partial charge in [-0.3, -0.25) is 9.59 Å². The molecular formula is C24H20Cl2N3O2+. The van der Waals surface area contributed by atoms with Gasteiger partial charge in [0.15, 0.2) is 6.04 Å². The van der Waals surface area contributed by atoms with Gasteiger partial charge in [-0.05, 0) is 55.0 Å². The summed E-state index contributed by atoms with van der Waals surface area (Å²) >= 11 is 12.0. The Hall–Kier alpha value is -3.15. The summed E-state index contributed by atoms with van der Waals surface area (Å²) in [6, 6.07) is 20.4. The average molecular weight is 453 g/mol. The minimum Gasteiger partial charge on any atom is -0.334 e. The highest BCUT2D eigenvalue weighted by atomic mass is 35.5. The Morgan fingerprint density at radius 2 is 1.58 bits per heavy atom. The van der Waals surface area contributed by atoms with Crippen LogP contribution in [0.3, 0.4) is 0 Å². The molecule has 0 unspecified atom stereocenters. The van der Waals surface area contributed by atoms with Crippen molar-refractivity contribution in [1.82, 2.24) is 10.7 Å². The van der Waals surface area contributed by atoms with E-state index in [-0.39, 0.29) is 11.8 Å². The number of nitrogens with one attached hydrogen (secondary N) is 2. The highest BCUT2D eigenvalue weighted by Crippen LogP contribution is 2.27. The van der Waals surface area contributed by atoms with Gasteiger partial charge in [-0.25, -0.2) is 0 Å². The first kappa shape index (κ1) is 21.1. The fourth-order valence-corrected chi connectivity index (χ4v) is 3.80. The van der Waals surface area contributed by atoms with Gasteiger partial charge < -0.3 is 5.32 Å². The highest BCUT2D eigenvalue weighted by molar-refractivity contribution is 6.30. The Kier molecular flexibility index (Phi) is 6.07. The van der Waals surface area contributed by atoms with Crippen LogP contribution in [-0.4, -0.2) is 28.8 Å². The number of hydrazone groups is 1. The predicted molar refractivity (Wildman–Crippen MR) is 122 cm³/mol. The second-order valence-corrected chi connectivity index (χ2v) is 8.20. The number of rotatable bonds is 4. The van der Waals surface area contributed by atoms with Crippen molar-refractivity contribution in [2.75, 3.05) is 0 Å². The Labute approximate surface area is 190 Å². The summed E-state index contributed by atoms with van der Waals surface area (Å²) in [4.78, 5) is 25.7. The lowest BCUT2D eigenvalue weighted by Gasteiger charge is -2.15. The van der Waals surface area contributed by atoms with E-state index in [1.807, 2.05) is 49.5 Å². The van der Waals surface area contributed by atoms with Crippen LogP contribution in [0.15, 0.2) is 72.8 Å². The van der Waals surface area contributed by atoms with E-state index in [0.29, 0.717) is 15.6 Å². The van der Waals surface area contributed by atoms with E-state index in [1.165, 1.54) is 0 Å². The Bertz CT molecular complexity index is 1160. The van der Waals surface area contributed by atoms with Crippen molar-refractivity contribution in [3.8, 4) is 0 Å². The van der Waals surface area contributed by atoms with Crippen molar-refractivity contribution in [3.63, 3.8) is 0 Å². The van der Waals surface area contributed by atoms with Crippen LogP contribution >= 0.6 is 23.2 Å². The van der Waals surface area contributed by atoms with Crippen molar-refractivity contribution in [2.45, 2.75) is 19.0 Å². The monoisotopic (exact) mass is 452 g/mol. The van der Waals surface area contributed by atoms with Crippen molar-refractivity contribution < 1.29 is 14.3 Å². The predicted octanol–water partition coefficient (Wildman–Crippen LogP) is 4.32. The zero-order chi connectivity index (χ0) is 22.0. The number of carbonyl (C=O) groups is 2. The quantitative estimate of drug-likeness (QED) is 0.579. The molecule has 3 aromatic rings. The van der Waals surface area contributed by atoms with Gasteiger partial charge >= 0.3 is 5.91 Å². The van der Waals surface area contributed by atoms with Crippen LogP contribution in [0, 0.1) is 6.92 Å². The third-order valence-corrected chi connectivity index (χ3v) is 5.71. The van der Waals surface area contributed by atoms with Gasteiger partial charge in [0.1, 0.15) is 0 Å². The van der Waals surface area contributed by atoms with Crippen LogP contribution in [0.5, 0.6) is 0 Å². The number of hydrogen-bond acceptors (Lipinski definition) is 2. The molecule has 2 N–H and O–H groups in total. The van der Waals surface area contributed by atoms with Crippen molar-refractivity contribution in [3.05, 3.63) is 105 Å². The normalized spacial score (nSPS) is 19.3. The summed E-state index contributed by atoms with van der Waals surface area (Å²) < 4.78 is 1.74. The molecule has 1 heterocycles. The van der Waals surface area contributed by atoms with E-state index in [2.05, 4.69) is 10.7 Å². The van der Waals surface area contributed by atoms with E-state index in [0.717, 1.165) is 16.7 Å². The number of hydrazine groups is 1. The largest absolute Gasteiger partial charge is 0.334 e. The number of amides is 2. The molecule has 1 saturated heterocycles. The van der Waals surface area contributed by atoms with Crippen molar-refractivity contribution in [1.29, 1.82) is 0 Å². The van der Waals surface area contributed by atoms with E-state index >= 15 is 0 Å². The second kappa shape index (κ2) is 8.92. The maximum atomic E-state index is 12.9. The lowest BCUT2D eigenvalue weighted by atomic mass is 9.99. The van der Waals surface area contributed by atoms with Crippen molar-refractivity contribution in [2.24, 2.45) is 0 Å². The highest BCUT2D eigenvalue weighted by Gasteiger charge is 2.47. The van der Waals surface area contributed by atoms with E-state index in [1.54, 1.807) is 41.1 Å². The third-order valence-electron chi connectivity index (χ3n) is 5.21. The molecule has 2 amide bonds. The fourth-order valence-electron chi connectivity index (χ4n) is 3.55. The standard InChI is InChI=1S/C24H19Cl2N3O2/c1-15-4-2-3-5-18(15)14-29-22(16-6-10-19(25)11-7-16)21(24(31)28-29)27-23(30)17-8-12-20(26)13-9-17/h2-14,21-22H,1H3,(H-,27,28,30,31)/p+1/b29-14-/t21-,22-/m1/s1. The molecule has 0 spiro atoms. The van der Waals surface area contributed by atoms with Gasteiger partial charge in [-0.2, -0.15) is 0 Å². The maximum absolute atomic E-state index is 12.9.